The fourth-order valence-corrected chi connectivity index (χ4v) is 2.92. The minimum absolute atomic E-state index is 0.0668. The van der Waals surface area contributed by atoms with E-state index in [1.807, 2.05) is 6.07 Å². The van der Waals surface area contributed by atoms with Crippen molar-refractivity contribution in [1.29, 1.82) is 0 Å². The molecular weight excluding hydrogens is 296 g/mol. The summed E-state index contributed by atoms with van der Waals surface area (Å²) in [5.41, 5.74) is 0.816. The summed E-state index contributed by atoms with van der Waals surface area (Å²) in [6.45, 7) is 2.61. The molecule has 1 atom stereocenters. The molecule has 1 heterocycles. The molecule has 0 saturated carbocycles. The molecule has 0 saturated heterocycles. The van der Waals surface area contributed by atoms with Crippen molar-refractivity contribution in [2.75, 3.05) is 0 Å². The third kappa shape index (κ3) is 4.03. The average molecular weight is 311 g/mol. The van der Waals surface area contributed by atoms with Crippen LogP contribution in [0, 0.1) is 10.1 Å². The lowest BCUT2D eigenvalue weighted by Gasteiger charge is -2.13. The Hall–Kier alpha value is -1.43. The van der Waals surface area contributed by atoms with Crippen LogP contribution in [0.4, 0.5) is 5.69 Å². The van der Waals surface area contributed by atoms with E-state index in [9.17, 15) is 10.1 Å². The zero-order chi connectivity index (χ0) is 14.5. The highest BCUT2D eigenvalue weighted by Crippen LogP contribution is 2.22. The number of nitrogens with one attached hydrogen (secondary N) is 1. The number of hydrogen-bond acceptors (Lipinski definition) is 4. The second-order valence-electron chi connectivity index (χ2n) is 4.60. The first-order chi connectivity index (χ1) is 9.56. The maximum atomic E-state index is 10.8. The van der Waals surface area contributed by atoms with Gasteiger partial charge in [-0.1, -0.05) is 17.7 Å². The van der Waals surface area contributed by atoms with E-state index in [1.165, 1.54) is 17.0 Å². The Morgan fingerprint density at radius 3 is 2.90 bits per heavy atom. The van der Waals surface area contributed by atoms with Crippen LogP contribution in [0.2, 0.25) is 5.02 Å². The molecule has 0 spiro atoms. The summed E-state index contributed by atoms with van der Waals surface area (Å²) >= 11 is 7.79. The number of nitro groups is 1. The van der Waals surface area contributed by atoms with Gasteiger partial charge in [-0.3, -0.25) is 10.1 Å². The number of benzene rings is 1. The second kappa shape index (κ2) is 6.83. The summed E-state index contributed by atoms with van der Waals surface area (Å²) in [5, 5.41) is 16.7. The lowest BCUT2D eigenvalue weighted by Crippen LogP contribution is -2.27. The summed E-state index contributed by atoms with van der Waals surface area (Å²) < 4.78 is 0. The quantitative estimate of drug-likeness (QED) is 0.647. The van der Waals surface area contributed by atoms with Gasteiger partial charge in [0.15, 0.2) is 0 Å². The molecule has 0 amide bonds. The van der Waals surface area contributed by atoms with Crippen LogP contribution < -0.4 is 5.32 Å². The van der Waals surface area contributed by atoms with E-state index in [2.05, 4.69) is 23.7 Å². The number of hydrogen-bond donors (Lipinski definition) is 1. The monoisotopic (exact) mass is 310 g/mol. The molecule has 1 aromatic carbocycles. The molecule has 0 radical (unpaired) electrons. The first-order valence-corrected chi connectivity index (χ1v) is 7.50. The molecule has 0 aliphatic rings. The fraction of sp³-hybridized carbons (Fsp3) is 0.286. The van der Waals surface area contributed by atoms with E-state index < -0.39 is 4.92 Å². The maximum absolute atomic E-state index is 10.8. The number of rotatable bonds is 6. The van der Waals surface area contributed by atoms with Gasteiger partial charge in [0.1, 0.15) is 0 Å². The number of nitrogens with zero attached hydrogens (tertiary/aromatic N) is 1. The van der Waals surface area contributed by atoms with Gasteiger partial charge in [0.05, 0.1) is 4.92 Å². The van der Waals surface area contributed by atoms with E-state index in [1.54, 1.807) is 17.4 Å². The first-order valence-electron chi connectivity index (χ1n) is 6.25. The topological polar surface area (TPSA) is 55.2 Å². The van der Waals surface area contributed by atoms with Crippen LogP contribution >= 0.6 is 22.9 Å². The third-order valence-electron chi connectivity index (χ3n) is 2.97. The zero-order valence-corrected chi connectivity index (χ0v) is 12.6. The van der Waals surface area contributed by atoms with Crippen molar-refractivity contribution in [3.63, 3.8) is 0 Å². The molecule has 0 bridgehead atoms. The molecule has 2 rings (SSSR count). The predicted molar refractivity (Wildman–Crippen MR) is 82.4 cm³/mol. The molecule has 2 aromatic rings. The van der Waals surface area contributed by atoms with Gasteiger partial charge < -0.3 is 5.32 Å². The van der Waals surface area contributed by atoms with Crippen molar-refractivity contribution in [3.8, 4) is 0 Å². The largest absolute Gasteiger partial charge is 0.310 e. The van der Waals surface area contributed by atoms with Crippen molar-refractivity contribution in [3.05, 3.63) is 61.3 Å². The normalized spacial score (nSPS) is 12.3. The maximum Gasteiger partial charge on any atom is 0.269 e. The standard InChI is InChI=1S/C14H15ClN2O2S/c1-10(7-13-3-2-6-20-13)16-9-11-8-12(17(18)19)4-5-14(11)15/h2-6,8,10,16H,7,9H2,1H3. The fourth-order valence-electron chi connectivity index (χ4n) is 1.90. The van der Waals surface area contributed by atoms with Crippen LogP contribution in [0.5, 0.6) is 0 Å². The molecule has 1 unspecified atom stereocenters. The Morgan fingerprint density at radius 2 is 2.25 bits per heavy atom. The average Bonchev–Trinajstić information content (AvgIpc) is 2.90. The minimum Gasteiger partial charge on any atom is -0.310 e. The molecule has 0 fully saturated rings. The van der Waals surface area contributed by atoms with Gasteiger partial charge in [-0.15, -0.1) is 11.3 Å². The van der Waals surface area contributed by atoms with Crippen molar-refractivity contribution in [2.24, 2.45) is 0 Å². The van der Waals surface area contributed by atoms with Gasteiger partial charge in [0.25, 0.3) is 5.69 Å². The molecule has 0 aliphatic carbocycles. The van der Waals surface area contributed by atoms with Crippen LogP contribution in [0.3, 0.4) is 0 Å². The SMILES string of the molecule is CC(Cc1cccs1)NCc1cc([N+](=O)[O-])ccc1Cl. The van der Waals surface area contributed by atoms with Crippen LogP contribution in [0.1, 0.15) is 17.4 Å². The Kier molecular flexibility index (Phi) is 5.11. The van der Waals surface area contributed by atoms with Crippen LogP contribution in [-0.4, -0.2) is 11.0 Å². The van der Waals surface area contributed by atoms with Gasteiger partial charge in [-0.2, -0.15) is 0 Å². The number of thiophene rings is 1. The molecule has 6 heteroatoms. The van der Waals surface area contributed by atoms with Crippen molar-refractivity contribution in [2.45, 2.75) is 25.9 Å². The van der Waals surface area contributed by atoms with E-state index in [0.29, 0.717) is 11.6 Å². The number of nitro benzene ring substituents is 1. The molecular formula is C14H15ClN2O2S. The van der Waals surface area contributed by atoms with Gasteiger partial charge in [-0.25, -0.2) is 0 Å². The van der Waals surface area contributed by atoms with Gasteiger partial charge in [0.2, 0.25) is 0 Å². The van der Waals surface area contributed by atoms with Gasteiger partial charge >= 0.3 is 0 Å². The Morgan fingerprint density at radius 1 is 1.45 bits per heavy atom. The van der Waals surface area contributed by atoms with Crippen LogP contribution in [-0.2, 0) is 13.0 Å². The van der Waals surface area contributed by atoms with Crippen molar-refractivity contribution < 1.29 is 4.92 Å². The predicted octanol–water partition coefficient (Wildman–Crippen LogP) is 4.03. The molecule has 106 valence electrons. The van der Waals surface area contributed by atoms with E-state index in [-0.39, 0.29) is 11.7 Å². The molecule has 20 heavy (non-hydrogen) atoms. The summed E-state index contributed by atoms with van der Waals surface area (Å²) in [7, 11) is 0. The Bertz CT molecular complexity index is 587. The lowest BCUT2D eigenvalue weighted by atomic mass is 10.1. The summed E-state index contributed by atoms with van der Waals surface area (Å²) in [6.07, 6.45) is 0.935. The van der Waals surface area contributed by atoms with Crippen molar-refractivity contribution in [1.82, 2.24) is 5.32 Å². The zero-order valence-electron chi connectivity index (χ0n) is 11.0. The molecule has 1 aromatic heterocycles. The highest BCUT2D eigenvalue weighted by atomic mass is 35.5. The van der Waals surface area contributed by atoms with E-state index in [4.69, 9.17) is 11.6 Å². The number of non-ortho nitro benzene ring substituents is 1. The summed E-state index contributed by atoms with van der Waals surface area (Å²) in [4.78, 5) is 11.7. The molecule has 0 aliphatic heterocycles. The minimum atomic E-state index is -0.408. The van der Waals surface area contributed by atoms with Crippen LogP contribution in [0.15, 0.2) is 35.7 Å². The Labute approximate surface area is 126 Å². The van der Waals surface area contributed by atoms with Gasteiger partial charge in [-0.05, 0) is 36.4 Å². The lowest BCUT2D eigenvalue weighted by molar-refractivity contribution is -0.384. The smallest absolute Gasteiger partial charge is 0.269 e. The molecule has 4 nitrogen and oxygen atoms in total. The first kappa shape index (κ1) is 15.0. The summed E-state index contributed by atoms with van der Waals surface area (Å²) in [6, 6.07) is 8.92. The highest BCUT2D eigenvalue weighted by molar-refractivity contribution is 7.09. The van der Waals surface area contributed by atoms with E-state index in [0.717, 1.165) is 12.0 Å². The number of halogens is 1. The second-order valence-corrected chi connectivity index (χ2v) is 6.04. The van der Waals surface area contributed by atoms with Crippen LogP contribution in [0.25, 0.3) is 0 Å². The summed E-state index contributed by atoms with van der Waals surface area (Å²) in [5.74, 6) is 0. The highest BCUT2D eigenvalue weighted by Gasteiger charge is 2.11. The molecule has 1 N–H and O–H groups in total. The van der Waals surface area contributed by atoms with Crippen molar-refractivity contribution >= 4 is 28.6 Å². The third-order valence-corrected chi connectivity index (χ3v) is 4.24. The van der Waals surface area contributed by atoms with E-state index >= 15 is 0 Å². The Balaban J connectivity index is 1.96. The van der Waals surface area contributed by atoms with Gasteiger partial charge in [0, 0.05) is 34.6 Å².